The van der Waals surface area contributed by atoms with Crippen molar-refractivity contribution in [3.05, 3.63) is 35.9 Å². The number of amides is 2. The van der Waals surface area contributed by atoms with Crippen molar-refractivity contribution in [1.82, 2.24) is 10.2 Å². The molecule has 4 rings (SSSR count). The topological polar surface area (TPSA) is 49.4 Å². The average Bonchev–Trinajstić information content (AvgIpc) is 3.03. The Morgan fingerprint density at radius 3 is 2.46 bits per heavy atom. The summed E-state index contributed by atoms with van der Waals surface area (Å²) in [6.07, 6.45) is 5.45. The second kappa shape index (κ2) is 7.05. The molecule has 2 saturated carbocycles. The van der Waals surface area contributed by atoms with Crippen LogP contribution in [0.2, 0.25) is 0 Å². The van der Waals surface area contributed by atoms with Crippen molar-refractivity contribution in [3.8, 4) is 0 Å². The highest BCUT2D eigenvalue weighted by Gasteiger charge is 2.52. The number of benzene rings is 1. The number of fused-ring (bicyclic) bond motifs is 1. The van der Waals surface area contributed by atoms with Gasteiger partial charge in [0.15, 0.2) is 0 Å². The third kappa shape index (κ3) is 3.04. The van der Waals surface area contributed by atoms with Gasteiger partial charge >= 0.3 is 0 Å². The quantitative estimate of drug-likeness (QED) is 0.902. The summed E-state index contributed by atoms with van der Waals surface area (Å²) in [6.45, 7) is 4.60. The molecule has 0 unspecified atom stereocenters. The smallest absolute Gasteiger partial charge is 0.225 e. The SMILES string of the molecule is CC(C)N1C[C@H](C(=O)N[C@H]2[C@@H]3CCCC[C@@H]3[C@@H]2c2ccccc2)CC1=O. The second-order valence-electron chi connectivity index (χ2n) is 8.62. The zero-order chi connectivity index (χ0) is 18.3. The zero-order valence-electron chi connectivity index (χ0n) is 15.9. The van der Waals surface area contributed by atoms with Crippen molar-refractivity contribution in [1.29, 1.82) is 0 Å². The van der Waals surface area contributed by atoms with Crippen LogP contribution in [0.3, 0.4) is 0 Å². The summed E-state index contributed by atoms with van der Waals surface area (Å²) in [7, 11) is 0. The molecule has 1 aliphatic heterocycles. The van der Waals surface area contributed by atoms with E-state index in [4.69, 9.17) is 0 Å². The summed E-state index contributed by atoms with van der Waals surface area (Å²) in [5.41, 5.74) is 1.35. The van der Waals surface area contributed by atoms with Gasteiger partial charge in [0.25, 0.3) is 0 Å². The highest BCUT2D eigenvalue weighted by molar-refractivity contribution is 5.89. The number of likely N-dealkylation sites (tertiary alicyclic amines) is 1. The largest absolute Gasteiger partial charge is 0.352 e. The Morgan fingerprint density at radius 2 is 1.81 bits per heavy atom. The fraction of sp³-hybridized carbons (Fsp3) is 0.636. The highest BCUT2D eigenvalue weighted by Crippen LogP contribution is 2.54. The number of hydrogen-bond acceptors (Lipinski definition) is 2. The van der Waals surface area contributed by atoms with Gasteiger partial charge in [-0.15, -0.1) is 0 Å². The molecule has 1 aromatic rings. The molecule has 1 N–H and O–H groups in total. The molecular formula is C22H30N2O2. The van der Waals surface area contributed by atoms with Crippen LogP contribution in [0.25, 0.3) is 0 Å². The molecule has 2 aliphatic carbocycles. The number of hydrogen-bond donors (Lipinski definition) is 1. The van der Waals surface area contributed by atoms with Gasteiger partial charge in [-0.25, -0.2) is 0 Å². The van der Waals surface area contributed by atoms with Crippen molar-refractivity contribution in [2.24, 2.45) is 17.8 Å². The lowest BCUT2D eigenvalue weighted by Crippen LogP contribution is -2.60. The minimum absolute atomic E-state index is 0.0801. The molecule has 0 bridgehead atoms. The Bertz CT molecular complexity index is 672. The van der Waals surface area contributed by atoms with Crippen molar-refractivity contribution in [3.63, 3.8) is 0 Å². The summed E-state index contributed by atoms with van der Waals surface area (Å²) in [5.74, 6) is 1.75. The van der Waals surface area contributed by atoms with Crippen LogP contribution in [-0.4, -0.2) is 35.3 Å². The van der Waals surface area contributed by atoms with E-state index >= 15 is 0 Å². The fourth-order valence-corrected chi connectivity index (χ4v) is 5.48. The summed E-state index contributed by atoms with van der Waals surface area (Å²) in [6, 6.07) is 11.1. The molecule has 4 nitrogen and oxygen atoms in total. The molecule has 26 heavy (non-hydrogen) atoms. The van der Waals surface area contributed by atoms with E-state index in [1.807, 2.05) is 18.7 Å². The average molecular weight is 354 g/mol. The van der Waals surface area contributed by atoms with E-state index in [2.05, 4.69) is 35.6 Å². The first-order chi connectivity index (χ1) is 12.6. The monoisotopic (exact) mass is 354 g/mol. The number of nitrogens with one attached hydrogen (secondary N) is 1. The van der Waals surface area contributed by atoms with Gasteiger partial charge in [-0.05, 0) is 44.1 Å². The molecule has 2 amide bonds. The highest BCUT2D eigenvalue weighted by atomic mass is 16.2. The zero-order valence-corrected chi connectivity index (χ0v) is 15.9. The van der Waals surface area contributed by atoms with E-state index in [0.29, 0.717) is 30.7 Å². The Hall–Kier alpha value is -1.84. The van der Waals surface area contributed by atoms with Crippen LogP contribution in [-0.2, 0) is 9.59 Å². The molecule has 0 aromatic heterocycles. The third-order valence-electron chi connectivity index (χ3n) is 6.83. The van der Waals surface area contributed by atoms with Crippen molar-refractivity contribution in [2.75, 3.05) is 6.54 Å². The molecule has 1 heterocycles. The first-order valence-corrected chi connectivity index (χ1v) is 10.2. The lowest BCUT2D eigenvalue weighted by atomic mass is 9.53. The fourth-order valence-electron chi connectivity index (χ4n) is 5.48. The van der Waals surface area contributed by atoms with Crippen LogP contribution in [0.5, 0.6) is 0 Å². The Labute approximate surface area is 156 Å². The Balaban J connectivity index is 1.47. The summed E-state index contributed by atoms with van der Waals surface area (Å²) >= 11 is 0. The summed E-state index contributed by atoms with van der Waals surface area (Å²) in [5, 5.41) is 3.37. The van der Waals surface area contributed by atoms with E-state index in [1.54, 1.807) is 0 Å². The number of rotatable bonds is 4. The van der Waals surface area contributed by atoms with Gasteiger partial charge in [0.05, 0.1) is 5.92 Å². The third-order valence-corrected chi connectivity index (χ3v) is 6.83. The molecule has 3 aliphatic rings. The molecule has 5 atom stereocenters. The maximum absolute atomic E-state index is 12.9. The van der Waals surface area contributed by atoms with Crippen LogP contribution in [0.4, 0.5) is 0 Å². The summed E-state index contributed by atoms with van der Waals surface area (Å²) < 4.78 is 0. The van der Waals surface area contributed by atoms with E-state index < -0.39 is 0 Å². The van der Waals surface area contributed by atoms with E-state index in [1.165, 1.54) is 31.2 Å². The molecular weight excluding hydrogens is 324 g/mol. The van der Waals surface area contributed by atoms with Crippen LogP contribution in [0.1, 0.15) is 57.4 Å². The van der Waals surface area contributed by atoms with Gasteiger partial charge < -0.3 is 10.2 Å². The molecule has 1 saturated heterocycles. The Morgan fingerprint density at radius 1 is 1.12 bits per heavy atom. The predicted molar refractivity (Wildman–Crippen MR) is 102 cm³/mol. The van der Waals surface area contributed by atoms with Crippen molar-refractivity contribution < 1.29 is 9.59 Å². The van der Waals surface area contributed by atoms with Gasteiger partial charge in [-0.3, -0.25) is 9.59 Å². The second-order valence-corrected chi connectivity index (χ2v) is 8.62. The maximum Gasteiger partial charge on any atom is 0.225 e. The van der Waals surface area contributed by atoms with E-state index in [-0.39, 0.29) is 29.8 Å². The molecule has 0 radical (unpaired) electrons. The van der Waals surface area contributed by atoms with Crippen LogP contribution < -0.4 is 5.32 Å². The van der Waals surface area contributed by atoms with Gasteiger partial charge in [0.1, 0.15) is 0 Å². The van der Waals surface area contributed by atoms with Crippen molar-refractivity contribution >= 4 is 11.8 Å². The normalized spacial score (nSPS) is 33.7. The Kier molecular flexibility index (Phi) is 4.76. The summed E-state index contributed by atoms with van der Waals surface area (Å²) in [4.78, 5) is 26.9. The molecule has 3 fully saturated rings. The van der Waals surface area contributed by atoms with Gasteiger partial charge in [0.2, 0.25) is 11.8 Å². The lowest BCUT2D eigenvalue weighted by Gasteiger charge is -2.55. The lowest BCUT2D eigenvalue weighted by molar-refractivity contribution is -0.131. The first kappa shape index (κ1) is 17.6. The number of carbonyl (C=O) groups excluding carboxylic acids is 2. The minimum Gasteiger partial charge on any atom is -0.352 e. The number of carbonyl (C=O) groups is 2. The van der Waals surface area contributed by atoms with Gasteiger partial charge in [-0.2, -0.15) is 0 Å². The van der Waals surface area contributed by atoms with Gasteiger partial charge in [0, 0.05) is 31.0 Å². The predicted octanol–water partition coefficient (Wildman–Crippen LogP) is 3.33. The van der Waals surface area contributed by atoms with E-state index in [9.17, 15) is 9.59 Å². The molecule has 4 heteroatoms. The van der Waals surface area contributed by atoms with Gasteiger partial charge in [-0.1, -0.05) is 43.2 Å². The van der Waals surface area contributed by atoms with Crippen LogP contribution in [0, 0.1) is 17.8 Å². The maximum atomic E-state index is 12.9. The minimum atomic E-state index is -0.191. The first-order valence-electron chi connectivity index (χ1n) is 10.2. The van der Waals surface area contributed by atoms with Crippen LogP contribution >= 0.6 is 0 Å². The van der Waals surface area contributed by atoms with Crippen molar-refractivity contribution in [2.45, 2.75) is 64.0 Å². The molecule has 1 aromatic carbocycles. The molecule has 140 valence electrons. The number of nitrogens with zero attached hydrogens (tertiary/aromatic N) is 1. The van der Waals surface area contributed by atoms with E-state index in [0.717, 1.165) is 0 Å². The van der Waals surface area contributed by atoms with Crippen LogP contribution in [0.15, 0.2) is 30.3 Å². The molecule has 0 spiro atoms. The standard InChI is InChI=1S/C22H30N2O2/c1-14(2)24-13-16(12-19(24)25)22(26)23-21-18-11-7-6-10-17(18)20(21)15-8-4-3-5-9-15/h3-5,8-9,14,16-18,20-21H,6-7,10-13H2,1-2H3,(H,23,26)/t16-,17+,18-,20+,21+/m1/s1.